The molecule has 1 aliphatic rings. The maximum atomic E-state index is 6.31. The summed E-state index contributed by atoms with van der Waals surface area (Å²) < 4.78 is 0. The van der Waals surface area contributed by atoms with Crippen molar-refractivity contribution in [1.82, 2.24) is 4.90 Å². The Morgan fingerprint density at radius 3 is 2.44 bits per heavy atom. The van der Waals surface area contributed by atoms with E-state index < -0.39 is 0 Å². The van der Waals surface area contributed by atoms with E-state index >= 15 is 0 Å². The molecule has 2 N–H and O–H groups in total. The number of nitrogens with zero attached hydrogens (tertiary/aromatic N) is 1. The summed E-state index contributed by atoms with van der Waals surface area (Å²) in [5, 5.41) is 0. The van der Waals surface area contributed by atoms with E-state index in [1.807, 2.05) is 6.92 Å². The second-order valence-corrected chi connectivity index (χ2v) is 5.27. The zero-order valence-electron chi connectivity index (χ0n) is 11.1. The molecule has 1 atom stereocenters. The Hall–Kier alpha value is -0.520. The molecule has 1 saturated heterocycles. The molecule has 16 heavy (non-hydrogen) atoms. The largest absolute Gasteiger partial charge is 0.326 e. The molecule has 2 heteroatoms. The molecule has 0 aromatic heterocycles. The second-order valence-electron chi connectivity index (χ2n) is 5.27. The van der Waals surface area contributed by atoms with Gasteiger partial charge in [0, 0.05) is 18.0 Å². The van der Waals surface area contributed by atoms with Crippen molar-refractivity contribution < 1.29 is 0 Å². The summed E-state index contributed by atoms with van der Waals surface area (Å²) in [6.07, 6.45) is 5.96. The summed E-state index contributed by atoms with van der Waals surface area (Å²) in [5.41, 5.74) is 6.43. The van der Waals surface area contributed by atoms with Crippen LogP contribution >= 0.6 is 0 Å². The molecule has 2 nitrogen and oxygen atoms in total. The first-order chi connectivity index (χ1) is 7.59. The highest BCUT2D eigenvalue weighted by atomic mass is 15.2. The lowest BCUT2D eigenvalue weighted by atomic mass is 9.88. The third-order valence-electron chi connectivity index (χ3n) is 3.84. The Labute approximate surface area is 101 Å². The maximum absolute atomic E-state index is 6.31. The molecule has 92 valence electrons. The smallest absolute Gasteiger partial charge is 0.0304 e. The zero-order valence-corrected chi connectivity index (χ0v) is 11.1. The van der Waals surface area contributed by atoms with Crippen LogP contribution in [0.4, 0.5) is 0 Å². The highest BCUT2D eigenvalue weighted by Crippen LogP contribution is 2.24. The molecule has 1 aliphatic heterocycles. The van der Waals surface area contributed by atoms with E-state index in [9.17, 15) is 0 Å². The zero-order chi connectivity index (χ0) is 12.0. The summed E-state index contributed by atoms with van der Waals surface area (Å²) in [5.74, 6) is 6.04. The van der Waals surface area contributed by atoms with Crippen LogP contribution < -0.4 is 5.73 Å². The van der Waals surface area contributed by atoms with Crippen molar-refractivity contribution in [2.24, 2.45) is 5.73 Å². The van der Waals surface area contributed by atoms with Crippen molar-refractivity contribution in [3.8, 4) is 11.8 Å². The summed E-state index contributed by atoms with van der Waals surface area (Å²) in [6, 6.07) is 0.228. The van der Waals surface area contributed by atoms with Gasteiger partial charge in [-0.05, 0) is 53.1 Å². The van der Waals surface area contributed by atoms with E-state index in [0.717, 1.165) is 12.8 Å². The summed E-state index contributed by atoms with van der Waals surface area (Å²) in [6.45, 7) is 8.87. The van der Waals surface area contributed by atoms with Crippen molar-refractivity contribution in [1.29, 1.82) is 0 Å². The molecule has 0 aromatic rings. The molecule has 0 radical (unpaired) electrons. The number of likely N-dealkylation sites (tertiary alicyclic amines) is 1. The SMILES string of the molecule is CC#CCCC(N)C(C)(C)N1CCCCC1. The van der Waals surface area contributed by atoms with E-state index in [-0.39, 0.29) is 11.6 Å². The van der Waals surface area contributed by atoms with Crippen LogP contribution in [-0.4, -0.2) is 29.6 Å². The predicted molar refractivity (Wildman–Crippen MR) is 70.2 cm³/mol. The number of hydrogen-bond acceptors (Lipinski definition) is 2. The lowest BCUT2D eigenvalue weighted by molar-refractivity contribution is 0.0710. The van der Waals surface area contributed by atoms with E-state index in [2.05, 4.69) is 30.6 Å². The minimum absolute atomic E-state index is 0.121. The van der Waals surface area contributed by atoms with Crippen LogP contribution in [0.2, 0.25) is 0 Å². The molecular weight excluding hydrogens is 196 g/mol. The Bertz CT molecular complexity index is 254. The van der Waals surface area contributed by atoms with Crippen molar-refractivity contribution in [3.63, 3.8) is 0 Å². The van der Waals surface area contributed by atoms with Gasteiger partial charge in [-0.3, -0.25) is 4.90 Å². The minimum Gasteiger partial charge on any atom is -0.326 e. The summed E-state index contributed by atoms with van der Waals surface area (Å²) >= 11 is 0. The van der Waals surface area contributed by atoms with E-state index in [4.69, 9.17) is 5.73 Å². The fraction of sp³-hybridized carbons (Fsp3) is 0.857. The van der Waals surface area contributed by atoms with Gasteiger partial charge in [-0.25, -0.2) is 0 Å². The number of rotatable bonds is 4. The normalized spacial score (nSPS) is 20.0. The molecule has 0 saturated carbocycles. The average molecular weight is 222 g/mol. The maximum Gasteiger partial charge on any atom is 0.0304 e. The van der Waals surface area contributed by atoms with Crippen LogP contribution in [0, 0.1) is 11.8 Å². The van der Waals surface area contributed by atoms with Gasteiger partial charge in [0.05, 0.1) is 0 Å². The van der Waals surface area contributed by atoms with Crippen LogP contribution in [-0.2, 0) is 0 Å². The Kier molecular flexibility index (Phi) is 5.31. The van der Waals surface area contributed by atoms with E-state index in [0.29, 0.717) is 0 Å². The monoisotopic (exact) mass is 222 g/mol. The van der Waals surface area contributed by atoms with Gasteiger partial charge in [0.2, 0.25) is 0 Å². The Morgan fingerprint density at radius 1 is 1.25 bits per heavy atom. The van der Waals surface area contributed by atoms with Gasteiger partial charge in [-0.2, -0.15) is 0 Å². The molecule has 1 heterocycles. The first kappa shape index (κ1) is 13.5. The van der Waals surface area contributed by atoms with Crippen LogP contribution in [0.15, 0.2) is 0 Å². The number of piperidine rings is 1. The molecule has 0 aromatic carbocycles. The minimum atomic E-state index is 0.121. The lowest BCUT2D eigenvalue weighted by Gasteiger charge is -2.44. The molecule has 1 fully saturated rings. The second kappa shape index (κ2) is 6.27. The van der Waals surface area contributed by atoms with Gasteiger partial charge in [-0.1, -0.05) is 6.42 Å². The van der Waals surface area contributed by atoms with E-state index in [1.54, 1.807) is 0 Å². The van der Waals surface area contributed by atoms with E-state index in [1.165, 1.54) is 32.4 Å². The third-order valence-corrected chi connectivity index (χ3v) is 3.84. The molecule has 0 bridgehead atoms. The van der Waals surface area contributed by atoms with Crippen LogP contribution in [0.25, 0.3) is 0 Å². The Balaban J connectivity index is 2.48. The van der Waals surface area contributed by atoms with Crippen molar-refractivity contribution in [2.45, 2.75) is 64.5 Å². The molecule has 1 unspecified atom stereocenters. The van der Waals surface area contributed by atoms with Gasteiger partial charge >= 0.3 is 0 Å². The van der Waals surface area contributed by atoms with Crippen LogP contribution in [0.5, 0.6) is 0 Å². The lowest BCUT2D eigenvalue weighted by Crippen LogP contribution is -2.57. The van der Waals surface area contributed by atoms with Gasteiger partial charge in [0.25, 0.3) is 0 Å². The standard InChI is InChI=1S/C14H26N2/c1-4-5-7-10-13(15)14(2,3)16-11-8-6-9-12-16/h13H,6-12,15H2,1-3H3. The van der Waals surface area contributed by atoms with Gasteiger partial charge < -0.3 is 5.73 Å². The number of nitrogens with two attached hydrogens (primary N) is 1. The quantitative estimate of drug-likeness (QED) is 0.740. The molecule has 0 aliphatic carbocycles. The summed E-state index contributed by atoms with van der Waals surface area (Å²) in [7, 11) is 0. The van der Waals surface area contributed by atoms with Gasteiger partial charge in [-0.15, -0.1) is 11.8 Å². The predicted octanol–water partition coefficient (Wildman–Crippen LogP) is 2.38. The average Bonchev–Trinajstić information content (AvgIpc) is 2.30. The molecule has 0 spiro atoms. The first-order valence-electron chi connectivity index (χ1n) is 6.49. The highest BCUT2D eigenvalue weighted by Gasteiger charge is 2.33. The fourth-order valence-corrected chi connectivity index (χ4v) is 2.41. The van der Waals surface area contributed by atoms with Gasteiger partial charge in [0.1, 0.15) is 0 Å². The highest BCUT2D eigenvalue weighted by molar-refractivity contribution is 4.99. The first-order valence-corrected chi connectivity index (χ1v) is 6.49. The van der Waals surface area contributed by atoms with Crippen molar-refractivity contribution >= 4 is 0 Å². The molecular formula is C14H26N2. The van der Waals surface area contributed by atoms with Gasteiger partial charge in [0.15, 0.2) is 0 Å². The third kappa shape index (κ3) is 3.50. The fourth-order valence-electron chi connectivity index (χ4n) is 2.41. The molecule has 0 amide bonds. The van der Waals surface area contributed by atoms with Crippen LogP contribution in [0.1, 0.15) is 52.9 Å². The topological polar surface area (TPSA) is 29.3 Å². The van der Waals surface area contributed by atoms with Crippen molar-refractivity contribution in [3.05, 3.63) is 0 Å². The molecule has 1 rings (SSSR count). The number of hydrogen-bond donors (Lipinski definition) is 1. The Morgan fingerprint density at radius 2 is 1.88 bits per heavy atom. The summed E-state index contributed by atoms with van der Waals surface area (Å²) in [4.78, 5) is 2.56. The van der Waals surface area contributed by atoms with Crippen molar-refractivity contribution in [2.75, 3.05) is 13.1 Å². The van der Waals surface area contributed by atoms with Crippen LogP contribution in [0.3, 0.4) is 0 Å².